The van der Waals surface area contributed by atoms with E-state index in [9.17, 15) is 0 Å². The van der Waals surface area contributed by atoms with E-state index in [0.717, 1.165) is 36.4 Å². The molecule has 1 atom stereocenters. The van der Waals surface area contributed by atoms with Crippen LogP contribution in [0, 0.1) is 0 Å². The lowest BCUT2D eigenvalue weighted by molar-refractivity contribution is 0.197. The highest BCUT2D eigenvalue weighted by Crippen LogP contribution is 2.27. The molecule has 0 radical (unpaired) electrons. The molecule has 1 aliphatic heterocycles. The summed E-state index contributed by atoms with van der Waals surface area (Å²) in [4.78, 5) is 2.50. The van der Waals surface area contributed by atoms with Gasteiger partial charge in [0.15, 0.2) is 0 Å². The van der Waals surface area contributed by atoms with Crippen LogP contribution in [0.25, 0.3) is 11.0 Å². The maximum atomic E-state index is 9.03. The molecule has 1 aliphatic rings. The zero-order valence-electron chi connectivity index (χ0n) is 13.5. The Hall–Kier alpha value is -1.83. The molecule has 4 rings (SSSR count). The summed E-state index contributed by atoms with van der Waals surface area (Å²) < 4.78 is 10.4. The molecular weight excluding hydrogens is 322 g/mol. The van der Waals surface area contributed by atoms with Crippen LogP contribution < -0.4 is 0 Å². The van der Waals surface area contributed by atoms with Gasteiger partial charge in [0.05, 0.1) is 30.6 Å². The molecule has 1 fully saturated rings. The van der Waals surface area contributed by atoms with Crippen molar-refractivity contribution in [1.29, 1.82) is 0 Å². The van der Waals surface area contributed by atoms with E-state index in [1.165, 1.54) is 30.1 Å². The van der Waals surface area contributed by atoms with E-state index in [2.05, 4.69) is 43.0 Å². The Kier molecular flexibility index (Phi) is 4.55. The number of hydrogen-bond acceptors (Lipinski definition) is 6. The van der Waals surface area contributed by atoms with Crippen LogP contribution in [-0.2, 0) is 13.1 Å². The number of aliphatic hydroxyl groups is 1. The minimum atomic E-state index is 0.131. The number of fused-ring (bicyclic) bond motifs is 1. The molecule has 0 spiro atoms. The second-order valence-corrected chi connectivity index (χ2v) is 6.92. The zero-order chi connectivity index (χ0) is 16.4. The summed E-state index contributed by atoms with van der Waals surface area (Å²) in [6.45, 7) is 3.80. The maximum Gasteiger partial charge on any atom is 0.105 e. The molecule has 1 saturated heterocycles. The van der Waals surface area contributed by atoms with Crippen LogP contribution in [0.2, 0.25) is 0 Å². The summed E-state index contributed by atoms with van der Waals surface area (Å²) in [5, 5.41) is 13.6. The lowest BCUT2D eigenvalue weighted by Crippen LogP contribution is -2.34. The van der Waals surface area contributed by atoms with Crippen LogP contribution in [0.5, 0.6) is 0 Å². The minimum absolute atomic E-state index is 0.131. The van der Waals surface area contributed by atoms with Crippen molar-refractivity contribution in [2.75, 3.05) is 19.7 Å². The molecule has 126 valence electrons. The molecule has 3 heterocycles. The van der Waals surface area contributed by atoms with Crippen LogP contribution in [0.3, 0.4) is 0 Å². The highest BCUT2D eigenvalue weighted by molar-refractivity contribution is 7.00. The third kappa shape index (κ3) is 3.33. The van der Waals surface area contributed by atoms with E-state index in [-0.39, 0.29) is 6.61 Å². The number of hydrogen-bond donors (Lipinski definition) is 1. The highest BCUT2D eigenvalue weighted by Gasteiger charge is 2.23. The fourth-order valence-electron chi connectivity index (χ4n) is 3.45. The van der Waals surface area contributed by atoms with Gasteiger partial charge in [-0.1, -0.05) is 6.07 Å². The van der Waals surface area contributed by atoms with E-state index in [0.29, 0.717) is 12.5 Å². The lowest BCUT2D eigenvalue weighted by Gasteiger charge is -2.32. The Balaban J connectivity index is 1.43. The first-order chi connectivity index (χ1) is 11.8. The van der Waals surface area contributed by atoms with Crippen molar-refractivity contribution in [2.24, 2.45) is 0 Å². The van der Waals surface area contributed by atoms with Gasteiger partial charge in [-0.3, -0.25) is 9.58 Å². The summed E-state index contributed by atoms with van der Waals surface area (Å²) in [5.74, 6) is 0.475. The van der Waals surface area contributed by atoms with Gasteiger partial charge in [0.2, 0.25) is 0 Å². The molecule has 1 unspecified atom stereocenters. The van der Waals surface area contributed by atoms with Crippen molar-refractivity contribution >= 4 is 22.8 Å². The van der Waals surface area contributed by atoms with Gasteiger partial charge in [0.25, 0.3) is 0 Å². The lowest BCUT2D eigenvalue weighted by atomic mass is 9.94. The SMILES string of the molecule is OCCn1ccc(C2CCCN(Cc3ccc4nsnc4c3)C2)n1. The number of nitrogens with zero attached hydrogens (tertiary/aromatic N) is 5. The van der Waals surface area contributed by atoms with E-state index in [1.54, 1.807) is 0 Å². The summed E-state index contributed by atoms with van der Waals surface area (Å²) in [6.07, 6.45) is 4.34. The van der Waals surface area contributed by atoms with Gasteiger partial charge in [-0.05, 0) is 43.1 Å². The number of likely N-dealkylation sites (tertiary alicyclic amines) is 1. The Morgan fingerprint density at radius 2 is 2.12 bits per heavy atom. The number of benzene rings is 1. The van der Waals surface area contributed by atoms with Crippen molar-refractivity contribution in [3.05, 3.63) is 41.7 Å². The van der Waals surface area contributed by atoms with Gasteiger partial charge >= 0.3 is 0 Å². The van der Waals surface area contributed by atoms with Gasteiger partial charge in [-0.15, -0.1) is 0 Å². The highest BCUT2D eigenvalue weighted by atomic mass is 32.1. The molecule has 24 heavy (non-hydrogen) atoms. The molecule has 1 N–H and O–H groups in total. The third-order valence-electron chi connectivity index (χ3n) is 4.64. The van der Waals surface area contributed by atoms with Crippen LogP contribution in [0.4, 0.5) is 0 Å². The summed E-state index contributed by atoms with van der Waals surface area (Å²) in [6, 6.07) is 8.46. The first kappa shape index (κ1) is 15.7. The minimum Gasteiger partial charge on any atom is -0.394 e. The molecule has 0 bridgehead atoms. The molecule has 2 aromatic heterocycles. The largest absolute Gasteiger partial charge is 0.394 e. The predicted octanol–water partition coefficient (Wildman–Crippen LogP) is 2.26. The van der Waals surface area contributed by atoms with Gasteiger partial charge in [-0.2, -0.15) is 13.8 Å². The molecule has 7 heteroatoms. The molecule has 6 nitrogen and oxygen atoms in total. The van der Waals surface area contributed by atoms with Crippen LogP contribution in [-0.4, -0.2) is 48.2 Å². The van der Waals surface area contributed by atoms with E-state index >= 15 is 0 Å². The Morgan fingerprint density at radius 3 is 3.04 bits per heavy atom. The Morgan fingerprint density at radius 1 is 1.21 bits per heavy atom. The number of piperidine rings is 1. The summed E-state index contributed by atoms with van der Waals surface area (Å²) in [5.41, 5.74) is 4.41. The first-order valence-electron chi connectivity index (χ1n) is 8.39. The normalized spacial score (nSPS) is 19.1. The summed E-state index contributed by atoms with van der Waals surface area (Å²) >= 11 is 1.27. The Labute approximate surface area is 145 Å². The van der Waals surface area contributed by atoms with E-state index < -0.39 is 0 Å². The monoisotopic (exact) mass is 343 g/mol. The van der Waals surface area contributed by atoms with Crippen molar-refractivity contribution in [3.8, 4) is 0 Å². The fourth-order valence-corrected chi connectivity index (χ4v) is 3.96. The molecule has 0 saturated carbocycles. The van der Waals surface area contributed by atoms with Gasteiger partial charge in [0.1, 0.15) is 11.0 Å². The molecule has 0 aliphatic carbocycles. The molecular formula is C17H21N5OS. The van der Waals surface area contributed by atoms with Crippen molar-refractivity contribution in [3.63, 3.8) is 0 Å². The Bertz CT molecular complexity index is 814. The van der Waals surface area contributed by atoms with Gasteiger partial charge < -0.3 is 5.11 Å². The summed E-state index contributed by atoms with van der Waals surface area (Å²) in [7, 11) is 0. The van der Waals surface area contributed by atoms with Crippen LogP contribution in [0.15, 0.2) is 30.5 Å². The quantitative estimate of drug-likeness (QED) is 0.770. The zero-order valence-corrected chi connectivity index (χ0v) is 14.3. The van der Waals surface area contributed by atoms with Gasteiger partial charge in [-0.25, -0.2) is 0 Å². The smallest absolute Gasteiger partial charge is 0.105 e. The first-order valence-corrected chi connectivity index (χ1v) is 9.12. The van der Waals surface area contributed by atoms with Crippen molar-refractivity contribution in [2.45, 2.75) is 31.8 Å². The number of rotatable bonds is 5. The fraction of sp³-hybridized carbons (Fsp3) is 0.471. The third-order valence-corrected chi connectivity index (χ3v) is 5.20. The van der Waals surface area contributed by atoms with E-state index in [1.807, 2.05) is 10.9 Å². The van der Waals surface area contributed by atoms with E-state index in [4.69, 9.17) is 5.11 Å². The molecule has 1 aromatic carbocycles. The maximum absolute atomic E-state index is 9.03. The standard InChI is InChI=1S/C17H21N5OS/c23-9-8-22-7-5-15(18-22)14-2-1-6-21(12-14)11-13-3-4-16-17(10-13)20-24-19-16/h3-5,7,10,14,23H,1-2,6,8-9,11-12H2. The average Bonchev–Trinajstić information content (AvgIpc) is 3.24. The topological polar surface area (TPSA) is 67.1 Å². The van der Waals surface area contributed by atoms with Gasteiger partial charge in [0, 0.05) is 25.2 Å². The predicted molar refractivity (Wildman–Crippen MR) is 94.0 cm³/mol. The van der Waals surface area contributed by atoms with Crippen LogP contribution in [0.1, 0.15) is 30.0 Å². The second-order valence-electron chi connectivity index (χ2n) is 6.39. The number of aromatic nitrogens is 4. The number of aliphatic hydroxyl groups excluding tert-OH is 1. The molecule has 0 amide bonds. The van der Waals surface area contributed by atoms with Crippen LogP contribution >= 0.6 is 11.7 Å². The van der Waals surface area contributed by atoms with Crippen molar-refractivity contribution < 1.29 is 5.11 Å². The van der Waals surface area contributed by atoms with Crippen molar-refractivity contribution in [1.82, 2.24) is 23.4 Å². The second kappa shape index (κ2) is 6.96. The molecule has 3 aromatic rings. The average molecular weight is 343 g/mol.